The summed E-state index contributed by atoms with van der Waals surface area (Å²) in [6.07, 6.45) is 7.25. The molecule has 0 spiro atoms. The smallest absolute Gasteiger partial charge is 0.229 e. The van der Waals surface area contributed by atoms with Crippen molar-refractivity contribution in [3.8, 4) is 0 Å². The number of aromatic nitrogens is 1. The average molecular weight is 214 g/mol. The Morgan fingerprint density at radius 3 is 2.79 bits per heavy atom. The van der Waals surface area contributed by atoms with Crippen LogP contribution in [0.1, 0.15) is 24.1 Å². The van der Waals surface area contributed by atoms with Crippen molar-refractivity contribution in [3.63, 3.8) is 0 Å². The summed E-state index contributed by atoms with van der Waals surface area (Å²) in [5.41, 5.74) is 3.05. The minimum atomic E-state index is -3.15. The van der Waals surface area contributed by atoms with E-state index in [9.17, 15) is 8.42 Å². The van der Waals surface area contributed by atoms with Gasteiger partial charge < -0.3 is 4.98 Å². The third-order valence-electron chi connectivity index (χ3n) is 2.48. The lowest BCUT2D eigenvalue weighted by Crippen LogP contribution is -2.11. The Morgan fingerprint density at radius 1 is 1.36 bits per heavy atom. The zero-order valence-corrected chi connectivity index (χ0v) is 8.95. The van der Waals surface area contributed by atoms with Crippen molar-refractivity contribution in [2.75, 3.05) is 11.0 Å². The Balaban J connectivity index is 2.31. The molecule has 0 saturated carbocycles. The van der Waals surface area contributed by atoms with Gasteiger partial charge in [-0.05, 0) is 31.2 Å². The number of rotatable bonds is 2. The molecule has 1 aliphatic carbocycles. The highest BCUT2D eigenvalue weighted by Gasteiger charge is 2.16. The number of anilines is 1. The van der Waals surface area contributed by atoms with Crippen molar-refractivity contribution in [3.05, 3.63) is 17.5 Å². The van der Waals surface area contributed by atoms with Gasteiger partial charge in [0.2, 0.25) is 10.0 Å². The SMILES string of the molecule is CS(=O)(=O)Nc1c[nH]c2c1CCCC2. The fraction of sp³-hybridized carbons (Fsp3) is 0.556. The van der Waals surface area contributed by atoms with Crippen LogP contribution in [0.2, 0.25) is 0 Å². The molecule has 1 aromatic heterocycles. The number of H-pyrrole nitrogens is 1. The molecule has 0 bridgehead atoms. The second-order valence-corrected chi connectivity index (χ2v) is 5.49. The summed E-state index contributed by atoms with van der Waals surface area (Å²) in [4.78, 5) is 3.12. The van der Waals surface area contributed by atoms with E-state index in [-0.39, 0.29) is 0 Å². The molecule has 14 heavy (non-hydrogen) atoms. The predicted molar refractivity (Wildman–Crippen MR) is 55.9 cm³/mol. The van der Waals surface area contributed by atoms with Crippen molar-refractivity contribution in [1.29, 1.82) is 0 Å². The number of sulfonamides is 1. The van der Waals surface area contributed by atoms with E-state index >= 15 is 0 Å². The molecular weight excluding hydrogens is 200 g/mol. The second kappa shape index (κ2) is 3.31. The third kappa shape index (κ3) is 1.92. The zero-order valence-electron chi connectivity index (χ0n) is 8.13. The van der Waals surface area contributed by atoms with E-state index in [2.05, 4.69) is 9.71 Å². The van der Waals surface area contributed by atoms with Gasteiger partial charge in [0.05, 0.1) is 11.9 Å². The van der Waals surface area contributed by atoms with Crippen LogP contribution in [0.5, 0.6) is 0 Å². The van der Waals surface area contributed by atoms with Crippen LogP contribution in [0, 0.1) is 0 Å². The van der Waals surface area contributed by atoms with Crippen molar-refractivity contribution < 1.29 is 8.42 Å². The van der Waals surface area contributed by atoms with Crippen LogP contribution in [-0.2, 0) is 22.9 Å². The number of hydrogen-bond donors (Lipinski definition) is 2. The number of nitrogens with one attached hydrogen (secondary N) is 2. The summed E-state index contributed by atoms with van der Waals surface area (Å²) in [5.74, 6) is 0. The van der Waals surface area contributed by atoms with Gasteiger partial charge in [-0.3, -0.25) is 4.72 Å². The van der Waals surface area contributed by atoms with Crippen LogP contribution < -0.4 is 4.72 Å². The molecule has 0 amide bonds. The molecule has 0 atom stereocenters. The van der Waals surface area contributed by atoms with E-state index in [1.165, 1.54) is 18.4 Å². The van der Waals surface area contributed by atoms with Gasteiger partial charge in [-0.25, -0.2) is 8.42 Å². The highest BCUT2D eigenvalue weighted by atomic mass is 32.2. The molecular formula is C9H14N2O2S. The van der Waals surface area contributed by atoms with Crippen LogP contribution in [-0.4, -0.2) is 19.7 Å². The quantitative estimate of drug-likeness (QED) is 0.778. The Hall–Kier alpha value is -0.970. The maximum Gasteiger partial charge on any atom is 0.229 e. The Kier molecular flexibility index (Phi) is 2.26. The standard InChI is InChI=1S/C9H14N2O2S/c1-14(12,13)11-9-6-10-8-5-3-2-4-7(8)9/h6,10-11H,2-5H2,1H3. The van der Waals surface area contributed by atoms with Crippen LogP contribution in [0.3, 0.4) is 0 Å². The minimum absolute atomic E-state index is 0.724. The van der Waals surface area contributed by atoms with E-state index < -0.39 is 10.0 Å². The highest BCUT2D eigenvalue weighted by molar-refractivity contribution is 7.92. The summed E-state index contributed by atoms with van der Waals surface area (Å²) in [6.45, 7) is 0. The van der Waals surface area contributed by atoms with E-state index in [1.807, 2.05) is 0 Å². The van der Waals surface area contributed by atoms with Crippen molar-refractivity contribution >= 4 is 15.7 Å². The average Bonchev–Trinajstić information content (AvgIpc) is 2.47. The zero-order chi connectivity index (χ0) is 10.2. The van der Waals surface area contributed by atoms with Gasteiger partial charge in [-0.2, -0.15) is 0 Å². The van der Waals surface area contributed by atoms with Crippen LogP contribution >= 0.6 is 0 Å². The molecule has 2 N–H and O–H groups in total. The van der Waals surface area contributed by atoms with Gasteiger partial charge in [0.1, 0.15) is 0 Å². The second-order valence-electron chi connectivity index (χ2n) is 3.74. The van der Waals surface area contributed by atoms with Crippen LogP contribution in [0.4, 0.5) is 5.69 Å². The summed E-state index contributed by atoms with van der Waals surface area (Å²) in [5, 5.41) is 0. The molecule has 0 aliphatic heterocycles. The first kappa shape index (κ1) is 9.58. The summed E-state index contributed by atoms with van der Waals surface area (Å²) in [6, 6.07) is 0. The first-order valence-corrected chi connectivity index (χ1v) is 6.62. The molecule has 0 aromatic carbocycles. The normalized spacial score (nSPS) is 16.4. The summed E-state index contributed by atoms with van der Waals surface area (Å²) in [7, 11) is -3.15. The van der Waals surface area contributed by atoms with Crippen molar-refractivity contribution in [1.82, 2.24) is 4.98 Å². The number of aryl methyl sites for hydroxylation is 1. The van der Waals surface area contributed by atoms with Gasteiger partial charge >= 0.3 is 0 Å². The van der Waals surface area contributed by atoms with Crippen LogP contribution in [0.15, 0.2) is 6.20 Å². The fourth-order valence-electron chi connectivity index (χ4n) is 1.90. The van der Waals surface area contributed by atoms with Gasteiger partial charge in [-0.1, -0.05) is 0 Å². The first-order chi connectivity index (χ1) is 6.56. The van der Waals surface area contributed by atoms with Gasteiger partial charge in [0.25, 0.3) is 0 Å². The maximum absolute atomic E-state index is 11.1. The number of aromatic amines is 1. The van der Waals surface area contributed by atoms with E-state index in [1.54, 1.807) is 6.20 Å². The lowest BCUT2D eigenvalue weighted by Gasteiger charge is -2.12. The monoisotopic (exact) mass is 214 g/mol. The molecule has 1 aromatic rings. The van der Waals surface area contributed by atoms with Gasteiger partial charge in [-0.15, -0.1) is 0 Å². The lowest BCUT2D eigenvalue weighted by molar-refractivity contribution is 0.606. The van der Waals surface area contributed by atoms with E-state index in [0.717, 1.165) is 30.5 Å². The Bertz CT molecular complexity index is 434. The number of fused-ring (bicyclic) bond motifs is 1. The van der Waals surface area contributed by atoms with Crippen LogP contribution in [0.25, 0.3) is 0 Å². The number of hydrogen-bond acceptors (Lipinski definition) is 2. The third-order valence-corrected chi connectivity index (χ3v) is 3.07. The molecule has 78 valence electrons. The topological polar surface area (TPSA) is 62.0 Å². The molecule has 0 radical (unpaired) electrons. The lowest BCUT2D eigenvalue weighted by atomic mass is 9.97. The predicted octanol–water partition coefficient (Wildman–Crippen LogP) is 1.27. The van der Waals surface area contributed by atoms with Crippen molar-refractivity contribution in [2.24, 2.45) is 0 Å². The maximum atomic E-state index is 11.1. The molecule has 4 nitrogen and oxygen atoms in total. The fourth-order valence-corrected chi connectivity index (χ4v) is 2.48. The van der Waals surface area contributed by atoms with Gasteiger partial charge in [0, 0.05) is 11.9 Å². The molecule has 0 unspecified atom stereocenters. The molecule has 1 aliphatic rings. The van der Waals surface area contributed by atoms with E-state index in [4.69, 9.17) is 0 Å². The van der Waals surface area contributed by atoms with E-state index in [0.29, 0.717) is 0 Å². The molecule has 1 heterocycles. The first-order valence-electron chi connectivity index (χ1n) is 4.73. The Labute approximate surface area is 83.8 Å². The molecule has 5 heteroatoms. The largest absolute Gasteiger partial charge is 0.363 e. The Morgan fingerprint density at radius 2 is 2.07 bits per heavy atom. The minimum Gasteiger partial charge on any atom is -0.363 e. The van der Waals surface area contributed by atoms with Gasteiger partial charge in [0.15, 0.2) is 0 Å². The molecule has 0 fully saturated rings. The molecule has 2 rings (SSSR count). The van der Waals surface area contributed by atoms with Crippen molar-refractivity contribution in [2.45, 2.75) is 25.7 Å². The molecule has 0 saturated heterocycles. The summed E-state index contributed by atoms with van der Waals surface area (Å²) >= 11 is 0. The summed E-state index contributed by atoms with van der Waals surface area (Å²) < 4.78 is 24.6. The highest BCUT2D eigenvalue weighted by Crippen LogP contribution is 2.27.